The van der Waals surface area contributed by atoms with Crippen LogP contribution in [0.3, 0.4) is 0 Å². The van der Waals surface area contributed by atoms with Crippen LogP contribution in [-0.4, -0.2) is 39.6 Å². The van der Waals surface area contributed by atoms with E-state index in [1.807, 2.05) is 45.0 Å². The third-order valence-electron chi connectivity index (χ3n) is 1.59. The van der Waals surface area contributed by atoms with Crippen LogP contribution in [0.25, 0.3) is 0 Å². The highest BCUT2D eigenvalue weighted by atomic mass is 16.7. The summed E-state index contributed by atoms with van der Waals surface area (Å²) in [4.78, 5) is 1.83. The lowest BCUT2D eigenvalue weighted by molar-refractivity contribution is -0.179. The number of rotatable bonds is 3. The number of hydrogen-bond donors (Lipinski definition) is 0. The van der Waals surface area contributed by atoms with Gasteiger partial charge in [-0.1, -0.05) is 13.0 Å². The molecule has 0 aromatic rings. The predicted molar refractivity (Wildman–Crippen MR) is 72.4 cm³/mol. The van der Waals surface area contributed by atoms with E-state index in [-0.39, 0.29) is 6.41 Å². The van der Waals surface area contributed by atoms with Gasteiger partial charge in [-0.25, -0.2) is 0 Å². The molecule has 0 bridgehead atoms. The Kier molecular flexibility index (Phi) is 21.8. The molecule has 5 nitrogen and oxygen atoms in total. The summed E-state index contributed by atoms with van der Waals surface area (Å²) in [7, 11) is 6.98. The average Bonchev–Trinajstić information content (AvgIpc) is 2.39. The number of hydrogen-bond acceptors (Lipinski definition) is 5. The molecule has 0 spiro atoms. The molecular formula is C13H25N3O2. The quantitative estimate of drug-likeness (QED) is 0.572. The lowest BCUT2D eigenvalue weighted by Gasteiger charge is -2.19. The van der Waals surface area contributed by atoms with Gasteiger partial charge in [0, 0.05) is 26.2 Å². The van der Waals surface area contributed by atoms with Gasteiger partial charge in [0.1, 0.15) is 0 Å². The van der Waals surface area contributed by atoms with Crippen LogP contribution in [0.5, 0.6) is 0 Å². The highest BCUT2D eigenvalue weighted by molar-refractivity contribution is 5.15. The maximum absolute atomic E-state index is 8.02. The van der Waals surface area contributed by atoms with Crippen molar-refractivity contribution < 1.29 is 9.47 Å². The van der Waals surface area contributed by atoms with Crippen molar-refractivity contribution in [2.75, 3.05) is 28.3 Å². The largest absolute Gasteiger partial charge is 0.343 e. The molecule has 0 saturated carbocycles. The van der Waals surface area contributed by atoms with E-state index in [0.29, 0.717) is 6.42 Å². The van der Waals surface area contributed by atoms with Gasteiger partial charge in [0.05, 0.1) is 12.1 Å². The molecule has 0 unspecified atom stereocenters. The van der Waals surface area contributed by atoms with E-state index in [1.165, 1.54) is 0 Å². The summed E-state index contributed by atoms with van der Waals surface area (Å²) >= 11 is 0. The van der Waals surface area contributed by atoms with Crippen LogP contribution in [0.4, 0.5) is 0 Å². The van der Waals surface area contributed by atoms with Crippen LogP contribution in [0.15, 0.2) is 11.6 Å². The van der Waals surface area contributed by atoms with Crippen molar-refractivity contribution in [2.45, 2.75) is 33.6 Å². The molecule has 0 fully saturated rings. The second-order valence-electron chi connectivity index (χ2n) is 3.34. The summed E-state index contributed by atoms with van der Waals surface area (Å²) in [5.41, 5.74) is 0.773. The number of methoxy groups -OCH3 is 2. The molecule has 0 aromatic carbocycles. The number of ether oxygens (including phenoxy) is 2. The molecular weight excluding hydrogens is 230 g/mol. The van der Waals surface area contributed by atoms with Gasteiger partial charge in [-0.15, -0.1) is 0 Å². The third-order valence-corrected chi connectivity index (χ3v) is 1.59. The summed E-state index contributed by atoms with van der Waals surface area (Å²) in [5.74, 6) is 0. The maximum Gasteiger partial charge on any atom is 0.217 e. The van der Waals surface area contributed by atoms with E-state index in [9.17, 15) is 0 Å². The lowest BCUT2D eigenvalue weighted by Crippen LogP contribution is -2.30. The van der Waals surface area contributed by atoms with Crippen molar-refractivity contribution in [1.29, 1.82) is 10.5 Å². The van der Waals surface area contributed by atoms with Crippen LogP contribution in [0.2, 0.25) is 0 Å². The number of nitrogens with zero attached hydrogens (tertiary/aromatic N) is 3. The van der Waals surface area contributed by atoms with Gasteiger partial charge >= 0.3 is 0 Å². The van der Waals surface area contributed by atoms with Gasteiger partial charge in [-0.2, -0.15) is 10.5 Å². The van der Waals surface area contributed by atoms with Gasteiger partial charge in [0.15, 0.2) is 0 Å². The molecule has 0 aliphatic carbocycles. The Labute approximate surface area is 111 Å². The molecule has 0 atom stereocenters. The molecule has 0 aromatic heterocycles. The molecule has 0 rings (SSSR count). The summed E-state index contributed by atoms with van der Waals surface area (Å²) in [6.45, 7) is 5.44. The number of nitriles is 2. The fourth-order valence-corrected chi connectivity index (χ4v) is 0.582. The molecule has 0 amide bonds. The smallest absolute Gasteiger partial charge is 0.217 e. The lowest BCUT2D eigenvalue weighted by atomic mass is 10.3. The first-order valence-corrected chi connectivity index (χ1v) is 5.56. The topological polar surface area (TPSA) is 69.3 Å². The van der Waals surface area contributed by atoms with Gasteiger partial charge in [0.2, 0.25) is 6.41 Å². The standard InChI is InChI=1S/C5H13NO2.C5H7N.C3H5N/c1-6(2)5(7-3)8-4;1-3-5(2)4-6;1-2-3-4/h5H,1-4H3;3H,1-2H3;2H2,1H3. The van der Waals surface area contributed by atoms with E-state index in [4.69, 9.17) is 20.0 Å². The molecule has 0 heterocycles. The van der Waals surface area contributed by atoms with E-state index < -0.39 is 0 Å². The molecule has 104 valence electrons. The summed E-state index contributed by atoms with van der Waals surface area (Å²) in [6.07, 6.45) is 2.19. The molecule has 5 heteroatoms. The minimum atomic E-state index is -0.213. The Balaban J connectivity index is -0.000000200. The van der Waals surface area contributed by atoms with Crippen molar-refractivity contribution in [1.82, 2.24) is 4.90 Å². The molecule has 0 N–H and O–H groups in total. The minimum Gasteiger partial charge on any atom is -0.343 e. The average molecular weight is 255 g/mol. The van der Waals surface area contributed by atoms with E-state index in [1.54, 1.807) is 27.2 Å². The fourth-order valence-electron chi connectivity index (χ4n) is 0.582. The molecule has 0 aliphatic rings. The fraction of sp³-hybridized carbons (Fsp3) is 0.692. The minimum absolute atomic E-state index is 0.213. The Morgan fingerprint density at radius 2 is 1.67 bits per heavy atom. The van der Waals surface area contributed by atoms with Crippen LogP contribution in [0.1, 0.15) is 27.2 Å². The van der Waals surface area contributed by atoms with Crippen LogP contribution >= 0.6 is 0 Å². The van der Waals surface area contributed by atoms with Gasteiger partial charge in [-0.3, -0.25) is 4.90 Å². The Morgan fingerprint density at radius 3 is 1.67 bits per heavy atom. The van der Waals surface area contributed by atoms with E-state index in [0.717, 1.165) is 5.57 Å². The molecule has 0 aliphatic heterocycles. The zero-order valence-corrected chi connectivity index (χ0v) is 12.5. The first-order valence-electron chi connectivity index (χ1n) is 5.56. The van der Waals surface area contributed by atoms with Gasteiger partial charge in [0.25, 0.3) is 0 Å². The van der Waals surface area contributed by atoms with Crippen LogP contribution in [-0.2, 0) is 9.47 Å². The highest BCUT2D eigenvalue weighted by Gasteiger charge is 2.04. The van der Waals surface area contributed by atoms with Gasteiger partial charge < -0.3 is 9.47 Å². The van der Waals surface area contributed by atoms with Crippen molar-refractivity contribution >= 4 is 0 Å². The van der Waals surface area contributed by atoms with E-state index in [2.05, 4.69) is 0 Å². The molecule has 18 heavy (non-hydrogen) atoms. The Bertz CT molecular complexity index is 271. The first-order chi connectivity index (χ1) is 8.44. The zero-order valence-electron chi connectivity index (χ0n) is 12.5. The molecule has 0 radical (unpaired) electrons. The summed E-state index contributed by atoms with van der Waals surface area (Å²) < 4.78 is 9.73. The zero-order chi connectivity index (χ0) is 15.0. The van der Waals surface area contributed by atoms with Crippen molar-refractivity contribution in [2.24, 2.45) is 0 Å². The summed E-state index contributed by atoms with van der Waals surface area (Å²) in [5, 5.41) is 15.6. The van der Waals surface area contributed by atoms with Gasteiger partial charge in [-0.05, 0) is 27.9 Å². The maximum atomic E-state index is 8.02. The predicted octanol–water partition coefficient (Wildman–Crippen LogP) is 2.52. The highest BCUT2D eigenvalue weighted by Crippen LogP contribution is 1.91. The third kappa shape index (κ3) is 20.1. The summed E-state index contributed by atoms with van der Waals surface area (Å²) in [6, 6.07) is 3.91. The van der Waals surface area contributed by atoms with Crippen molar-refractivity contribution in [3.05, 3.63) is 11.6 Å². The SMILES string of the molecule is CC=C(C)C#N.CCC#N.COC(OC)N(C)C. The van der Waals surface area contributed by atoms with Crippen molar-refractivity contribution in [3.8, 4) is 12.1 Å². The van der Waals surface area contributed by atoms with Crippen LogP contribution in [0, 0.1) is 22.7 Å². The molecule has 0 saturated heterocycles. The number of allylic oxidation sites excluding steroid dienone is 2. The normalized spacial score (nSPS) is 9.61. The Hall–Kier alpha value is -1.40. The second kappa shape index (κ2) is 18.0. The monoisotopic (exact) mass is 255 g/mol. The first kappa shape index (κ1) is 21.8. The van der Waals surface area contributed by atoms with Crippen molar-refractivity contribution in [3.63, 3.8) is 0 Å². The van der Waals surface area contributed by atoms with E-state index >= 15 is 0 Å². The van der Waals surface area contributed by atoms with Crippen LogP contribution < -0.4 is 0 Å². The Morgan fingerprint density at radius 1 is 1.28 bits per heavy atom. The second-order valence-corrected chi connectivity index (χ2v) is 3.34.